The summed E-state index contributed by atoms with van der Waals surface area (Å²) >= 11 is 0. The molecule has 192 valence electrons. The Kier molecular flexibility index (Phi) is 10.1. The first-order chi connectivity index (χ1) is 17.3. The molecule has 8 nitrogen and oxygen atoms in total. The van der Waals surface area contributed by atoms with Gasteiger partial charge in [-0.3, -0.25) is 9.69 Å². The number of ether oxygens (including phenoxy) is 2. The van der Waals surface area contributed by atoms with Crippen molar-refractivity contribution < 1.29 is 29.6 Å². The molecule has 3 atom stereocenters. The Hall–Kier alpha value is -3.59. The van der Waals surface area contributed by atoms with Crippen LogP contribution in [0.25, 0.3) is 0 Å². The van der Waals surface area contributed by atoms with E-state index in [1.165, 1.54) is 12.1 Å². The Morgan fingerprint density at radius 1 is 0.889 bits per heavy atom. The molecule has 0 saturated heterocycles. The fraction of sp³-hybridized carbons (Fsp3) is 0.321. The highest BCUT2D eigenvalue weighted by Crippen LogP contribution is 2.21. The summed E-state index contributed by atoms with van der Waals surface area (Å²) in [6.45, 7) is 2.55. The van der Waals surface area contributed by atoms with Gasteiger partial charge in [-0.2, -0.15) is 0 Å². The monoisotopic (exact) mass is 494 g/mol. The van der Waals surface area contributed by atoms with Crippen molar-refractivity contribution in [1.82, 2.24) is 4.90 Å². The number of amides is 1. The van der Waals surface area contributed by atoms with Gasteiger partial charge in [-0.1, -0.05) is 42.5 Å². The number of nitrogens with two attached hydrogens (primary N) is 1. The fourth-order valence-electron chi connectivity index (χ4n) is 3.84. The zero-order valence-corrected chi connectivity index (χ0v) is 20.4. The molecule has 36 heavy (non-hydrogen) atoms. The standard InChI is InChI=1S/C28H34N2O6/c1-20(15-21-7-13-26(14-8-21)36-19-28(29)34)30(17-27(33)22-9-11-23(31)12-10-22)16-24(32)18-35-25-5-3-2-4-6-25/h2-14,20,24,27,31-33H,15-19H2,1H3,(H2,29,34)/t20-,24-,27-/m1/s1. The minimum absolute atomic E-state index is 0.0273. The number of rotatable bonds is 14. The van der Waals surface area contributed by atoms with Gasteiger partial charge in [-0.05, 0) is 60.9 Å². The van der Waals surface area contributed by atoms with E-state index in [4.69, 9.17) is 15.2 Å². The quantitative estimate of drug-likeness (QED) is 0.271. The molecule has 0 aliphatic heterocycles. The second-order valence-corrected chi connectivity index (χ2v) is 8.79. The van der Waals surface area contributed by atoms with E-state index in [0.29, 0.717) is 30.0 Å². The summed E-state index contributed by atoms with van der Waals surface area (Å²) in [4.78, 5) is 12.9. The molecule has 5 N–H and O–H groups in total. The van der Waals surface area contributed by atoms with Gasteiger partial charge in [0.1, 0.15) is 30.0 Å². The molecule has 0 saturated carbocycles. The summed E-state index contributed by atoms with van der Waals surface area (Å²) in [5, 5.41) is 31.1. The van der Waals surface area contributed by atoms with Gasteiger partial charge in [-0.15, -0.1) is 0 Å². The van der Waals surface area contributed by atoms with Crippen LogP contribution in [0.1, 0.15) is 24.2 Å². The second-order valence-electron chi connectivity index (χ2n) is 8.79. The number of aromatic hydroxyl groups is 1. The molecule has 0 bridgehead atoms. The number of nitrogens with zero attached hydrogens (tertiary/aromatic N) is 1. The van der Waals surface area contributed by atoms with Gasteiger partial charge in [0.2, 0.25) is 0 Å². The van der Waals surface area contributed by atoms with E-state index in [1.54, 1.807) is 24.3 Å². The highest BCUT2D eigenvalue weighted by Gasteiger charge is 2.22. The number of hydrogen-bond donors (Lipinski definition) is 4. The fourth-order valence-corrected chi connectivity index (χ4v) is 3.84. The number of primary amides is 1. The summed E-state index contributed by atoms with van der Waals surface area (Å²) < 4.78 is 11.0. The maximum Gasteiger partial charge on any atom is 0.255 e. The third-order valence-corrected chi connectivity index (χ3v) is 5.78. The first-order valence-corrected chi connectivity index (χ1v) is 11.9. The van der Waals surface area contributed by atoms with E-state index in [0.717, 1.165) is 5.56 Å². The molecule has 1 amide bonds. The summed E-state index contributed by atoms with van der Waals surface area (Å²) in [7, 11) is 0. The van der Waals surface area contributed by atoms with Crippen LogP contribution < -0.4 is 15.2 Å². The molecule has 8 heteroatoms. The first-order valence-electron chi connectivity index (χ1n) is 11.9. The van der Waals surface area contributed by atoms with Crippen molar-refractivity contribution in [3.63, 3.8) is 0 Å². The van der Waals surface area contributed by atoms with Gasteiger partial charge in [0.25, 0.3) is 5.91 Å². The molecular weight excluding hydrogens is 460 g/mol. The maximum absolute atomic E-state index is 10.9. The molecule has 3 aromatic carbocycles. The number of carbonyl (C=O) groups excluding carboxylic acids is 1. The smallest absolute Gasteiger partial charge is 0.255 e. The van der Waals surface area contributed by atoms with E-state index < -0.39 is 18.1 Å². The number of aliphatic hydroxyl groups excluding tert-OH is 2. The number of para-hydroxylation sites is 1. The summed E-state index contributed by atoms with van der Waals surface area (Å²) in [6.07, 6.45) is -0.922. The SMILES string of the molecule is C[C@H](Cc1ccc(OCC(N)=O)cc1)N(C[C@@H](O)COc1ccccc1)C[C@@H](O)c1ccc(O)cc1. The highest BCUT2D eigenvalue weighted by atomic mass is 16.5. The molecule has 0 unspecified atom stereocenters. The van der Waals surface area contributed by atoms with Crippen LogP contribution in [0, 0.1) is 0 Å². The lowest BCUT2D eigenvalue weighted by atomic mass is 10.0. The topological polar surface area (TPSA) is 125 Å². The van der Waals surface area contributed by atoms with Gasteiger partial charge in [0, 0.05) is 19.1 Å². The summed E-state index contributed by atoms with van der Waals surface area (Å²) in [5.41, 5.74) is 6.83. The van der Waals surface area contributed by atoms with Crippen molar-refractivity contribution >= 4 is 5.91 Å². The number of phenols is 1. The van der Waals surface area contributed by atoms with Crippen molar-refractivity contribution in [2.45, 2.75) is 31.6 Å². The van der Waals surface area contributed by atoms with E-state index in [1.807, 2.05) is 54.3 Å². The van der Waals surface area contributed by atoms with Crippen molar-refractivity contribution in [3.05, 3.63) is 90.0 Å². The van der Waals surface area contributed by atoms with Crippen LogP contribution in [0.5, 0.6) is 17.2 Å². The van der Waals surface area contributed by atoms with E-state index in [2.05, 4.69) is 0 Å². The van der Waals surface area contributed by atoms with Crippen LogP contribution in [-0.4, -0.2) is 64.6 Å². The molecule has 0 radical (unpaired) electrons. The first kappa shape index (κ1) is 27.0. The summed E-state index contributed by atoms with van der Waals surface area (Å²) in [6, 6.07) is 23.1. The van der Waals surface area contributed by atoms with Crippen LogP contribution >= 0.6 is 0 Å². The third-order valence-electron chi connectivity index (χ3n) is 5.78. The van der Waals surface area contributed by atoms with Crippen molar-refractivity contribution in [2.24, 2.45) is 5.73 Å². The molecule has 0 spiro atoms. The van der Waals surface area contributed by atoms with Gasteiger partial charge in [0.15, 0.2) is 6.61 Å². The minimum atomic E-state index is -0.806. The minimum Gasteiger partial charge on any atom is -0.508 e. The lowest BCUT2D eigenvalue weighted by Crippen LogP contribution is -2.44. The molecule has 0 aliphatic rings. The van der Waals surface area contributed by atoms with Crippen molar-refractivity contribution in [3.8, 4) is 17.2 Å². The van der Waals surface area contributed by atoms with Crippen LogP contribution in [0.15, 0.2) is 78.9 Å². The molecular formula is C28H34N2O6. The molecule has 0 aliphatic carbocycles. The number of hydrogen-bond acceptors (Lipinski definition) is 7. The van der Waals surface area contributed by atoms with Crippen LogP contribution in [0.2, 0.25) is 0 Å². The van der Waals surface area contributed by atoms with Crippen LogP contribution in [0.4, 0.5) is 0 Å². The zero-order valence-electron chi connectivity index (χ0n) is 20.4. The van der Waals surface area contributed by atoms with Gasteiger partial charge in [0.05, 0.1) is 6.10 Å². The molecule has 0 fully saturated rings. The number of carbonyl (C=O) groups is 1. The second kappa shape index (κ2) is 13.5. The number of phenolic OH excluding ortho intramolecular Hbond substituents is 1. The Morgan fingerprint density at radius 3 is 2.17 bits per heavy atom. The zero-order chi connectivity index (χ0) is 25.9. The normalized spacial score (nSPS) is 13.7. The van der Waals surface area contributed by atoms with Gasteiger partial charge < -0.3 is 30.5 Å². The van der Waals surface area contributed by atoms with Crippen molar-refractivity contribution in [1.29, 1.82) is 0 Å². The maximum atomic E-state index is 10.9. The number of aliphatic hydroxyl groups is 2. The Balaban J connectivity index is 1.65. The van der Waals surface area contributed by atoms with Crippen LogP contribution in [0.3, 0.4) is 0 Å². The molecule has 3 aromatic rings. The lowest BCUT2D eigenvalue weighted by molar-refractivity contribution is -0.119. The summed E-state index contributed by atoms with van der Waals surface area (Å²) in [5.74, 6) is 0.829. The number of benzene rings is 3. The largest absolute Gasteiger partial charge is 0.508 e. The Bertz CT molecular complexity index is 1060. The van der Waals surface area contributed by atoms with Gasteiger partial charge in [-0.25, -0.2) is 0 Å². The molecule has 3 rings (SSSR count). The predicted octanol–water partition coefficient (Wildman–Crippen LogP) is 2.66. The lowest BCUT2D eigenvalue weighted by Gasteiger charge is -2.33. The molecule has 0 aromatic heterocycles. The Morgan fingerprint density at radius 2 is 1.53 bits per heavy atom. The average molecular weight is 495 g/mol. The van der Waals surface area contributed by atoms with E-state index in [9.17, 15) is 20.1 Å². The Labute approximate surface area is 211 Å². The van der Waals surface area contributed by atoms with E-state index in [-0.39, 0.29) is 31.5 Å². The van der Waals surface area contributed by atoms with Crippen molar-refractivity contribution in [2.75, 3.05) is 26.3 Å². The predicted molar refractivity (Wildman–Crippen MR) is 137 cm³/mol. The third kappa shape index (κ3) is 8.88. The highest BCUT2D eigenvalue weighted by molar-refractivity contribution is 5.75. The van der Waals surface area contributed by atoms with Crippen LogP contribution in [-0.2, 0) is 11.2 Å². The van der Waals surface area contributed by atoms with E-state index >= 15 is 0 Å². The van der Waals surface area contributed by atoms with Gasteiger partial charge >= 0.3 is 0 Å². The molecule has 0 heterocycles. The average Bonchev–Trinajstić information content (AvgIpc) is 2.87.